The van der Waals surface area contributed by atoms with Gasteiger partial charge in [-0.1, -0.05) is 30.3 Å². The van der Waals surface area contributed by atoms with E-state index in [0.29, 0.717) is 13.2 Å². The topological polar surface area (TPSA) is 58.8 Å². The highest BCUT2D eigenvalue weighted by molar-refractivity contribution is 5.80. The minimum Gasteiger partial charge on any atom is -0.469 e. The summed E-state index contributed by atoms with van der Waals surface area (Å²) in [5, 5.41) is 6.69. The largest absolute Gasteiger partial charge is 0.469 e. The molecule has 2 aromatic rings. The molecular formula is C18H25N3O2. The Balaban J connectivity index is 1.90. The Bertz CT molecular complexity index is 567. The van der Waals surface area contributed by atoms with Crippen LogP contribution in [-0.4, -0.2) is 32.3 Å². The summed E-state index contributed by atoms with van der Waals surface area (Å²) >= 11 is 0. The Morgan fingerprint density at radius 2 is 2.04 bits per heavy atom. The zero-order valence-electron chi connectivity index (χ0n) is 13.8. The number of ether oxygens (including phenoxy) is 1. The highest BCUT2D eigenvalue weighted by Gasteiger charge is 2.05. The van der Waals surface area contributed by atoms with E-state index in [-0.39, 0.29) is 6.04 Å². The van der Waals surface area contributed by atoms with Gasteiger partial charge >= 0.3 is 0 Å². The van der Waals surface area contributed by atoms with Crippen LogP contribution in [0.3, 0.4) is 0 Å². The normalized spacial score (nSPS) is 12.9. The number of aliphatic imine (C=N–C) groups is 1. The minimum atomic E-state index is 0.186. The first-order valence-corrected chi connectivity index (χ1v) is 7.88. The first kappa shape index (κ1) is 17.1. The number of methoxy groups -OCH3 is 1. The van der Waals surface area contributed by atoms with Crippen LogP contribution in [0.1, 0.15) is 18.2 Å². The van der Waals surface area contributed by atoms with Gasteiger partial charge in [-0.3, -0.25) is 0 Å². The second kappa shape index (κ2) is 9.69. The summed E-state index contributed by atoms with van der Waals surface area (Å²) < 4.78 is 10.5. The van der Waals surface area contributed by atoms with Crippen LogP contribution >= 0.6 is 0 Å². The number of hydrogen-bond acceptors (Lipinski definition) is 3. The molecular weight excluding hydrogens is 290 g/mol. The number of benzene rings is 1. The lowest BCUT2D eigenvalue weighted by Crippen LogP contribution is -2.44. The molecule has 0 aliphatic carbocycles. The highest BCUT2D eigenvalue weighted by atomic mass is 16.5. The summed E-state index contributed by atoms with van der Waals surface area (Å²) in [4.78, 5) is 4.64. The Morgan fingerprint density at radius 3 is 2.74 bits per heavy atom. The lowest BCUT2D eigenvalue weighted by atomic mass is 10.2. The van der Waals surface area contributed by atoms with Crippen molar-refractivity contribution in [3.8, 4) is 0 Å². The number of hydrogen-bond donors (Lipinski definition) is 2. The molecule has 5 nitrogen and oxygen atoms in total. The molecule has 0 fully saturated rings. The SMILES string of the molecule is COCC(C)NC(=NCc1ccccc1)NCCc1ccco1. The first-order valence-electron chi connectivity index (χ1n) is 7.88. The Kier molecular flexibility index (Phi) is 7.20. The average Bonchev–Trinajstić information content (AvgIpc) is 3.07. The predicted octanol–water partition coefficient (Wildman–Crippen LogP) is 2.59. The van der Waals surface area contributed by atoms with Crippen molar-refractivity contribution < 1.29 is 9.15 Å². The molecule has 0 spiro atoms. The van der Waals surface area contributed by atoms with E-state index in [1.165, 1.54) is 5.56 Å². The third-order valence-electron chi connectivity index (χ3n) is 3.31. The maximum Gasteiger partial charge on any atom is 0.191 e. The number of nitrogens with zero attached hydrogens (tertiary/aromatic N) is 1. The molecule has 0 aliphatic rings. The van der Waals surface area contributed by atoms with Crippen LogP contribution in [-0.2, 0) is 17.7 Å². The molecule has 1 atom stereocenters. The summed E-state index contributed by atoms with van der Waals surface area (Å²) in [6.45, 7) is 4.09. The molecule has 5 heteroatoms. The molecule has 2 rings (SSSR count). The van der Waals surface area contributed by atoms with Gasteiger partial charge in [0.2, 0.25) is 0 Å². The molecule has 1 unspecified atom stereocenters. The molecule has 0 bridgehead atoms. The molecule has 2 N–H and O–H groups in total. The number of rotatable bonds is 8. The van der Waals surface area contributed by atoms with Crippen molar-refractivity contribution in [2.45, 2.75) is 25.9 Å². The van der Waals surface area contributed by atoms with Crippen LogP contribution < -0.4 is 10.6 Å². The minimum absolute atomic E-state index is 0.186. The first-order chi connectivity index (χ1) is 11.3. The van der Waals surface area contributed by atoms with Gasteiger partial charge < -0.3 is 19.8 Å². The maximum atomic E-state index is 5.34. The van der Waals surface area contributed by atoms with Crippen LogP contribution in [0.25, 0.3) is 0 Å². The van der Waals surface area contributed by atoms with E-state index in [2.05, 4.69) is 34.7 Å². The molecule has 0 saturated carbocycles. The summed E-state index contributed by atoms with van der Waals surface area (Å²) in [5.74, 6) is 1.75. The third-order valence-corrected chi connectivity index (χ3v) is 3.31. The van der Waals surface area contributed by atoms with E-state index >= 15 is 0 Å². The van der Waals surface area contributed by atoms with Crippen LogP contribution in [0.5, 0.6) is 0 Å². The van der Waals surface area contributed by atoms with Gasteiger partial charge in [-0.25, -0.2) is 4.99 Å². The van der Waals surface area contributed by atoms with E-state index in [1.807, 2.05) is 30.3 Å². The smallest absolute Gasteiger partial charge is 0.191 e. The molecule has 0 amide bonds. The number of furan rings is 1. The molecule has 0 radical (unpaired) electrons. The fourth-order valence-corrected chi connectivity index (χ4v) is 2.19. The monoisotopic (exact) mass is 315 g/mol. The Morgan fingerprint density at radius 1 is 1.22 bits per heavy atom. The van der Waals surface area contributed by atoms with Crippen LogP contribution in [0.4, 0.5) is 0 Å². The van der Waals surface area contributed by atoms with E-state index in [9.17, 15) is 0 Å². The molecule has 1 aromatic heterocycles. The fraction of sp³-hybridized carbons (Fsp3) is 0.389. The quantitative estimate of drug-likeness (QED) is 0.581. The van der Waals surface area contributed by atoms with Crippen molar-refractivity contribution in [1.82, 2.24) is 10.6 Å². The van der Waals surface area contributed by atoms with Crippen LogP contribution in [0, 0.1) is 0 Å². The lowest BCUT2D eigenvalue weighted by molar-refractivity contribution is 0.179. The zero-order chi connectivity index (χ0) is 16.3. The predicted molar refractivity (Wildman–Crippen MR) is 92.5 cm³/mol. The maximum absolute atomic E-state index is 5.34. The standard InChI is InChI=1S/C18H25N3O2/c1-15(14-22-2)21-18(19-11-10-17-9-6-12-23-17)20-13-16-7-4-3-5-8-16/h3-9,12,15H,10-11,13-14H2,1-2H3,(H2,19,20,21). The Labute approximate surface area is 137 Å². The van der Waals surface area contributed by atoms with Crippen molar-refractivity contribution in [2.75, 3.05) is 20.3 Å². The van der Waals surface area contributed by atoms with Gasteiger partial charge in [-0.2, -0.15) is 0 Å². The van der Waals surface area contributed by atoms with Crippen LogP contribution in [0.2, 0.25) is 0 Å². The molecule has 1 aromatic carbocycles. The highest BCUT2D eigenvalue weighted by Crippen LogP contribution is 2.01. The number of guanidine groups is 1. The van der Waals surface area contributed by atoms with Gasteiger partial charge in [0.05, 0.1) is 19.4 Å². The van der Waals surface area contributed by atoms with Gasteiger partial charge in [-0.05, 0) is 24.6 Å². The van der Waals surface area contributed by atoms with Crippen molar-refractivity contribution in [2.24, 2.45) is 4.99 Å². The molecule has 1 heterocycles. The van der Waals surface area contributed by atoms with Crippen molar-refractivity contribution in [1.29, 1.82) is 0 Å². The summed E-state index contributed by atoms with van der Waals surface area (Å²) in [6, 6.07) is 14.3. The molecule has 0 saturated heterocycles. The Hall–Kier alpha value is -2.27. The van der Waals surface area contributed by atoms with Crippen molar-refractivity contribution in [3.05, 3.63) is 60.1 Å². The van der Waals surface area contributed by atoms with Crippen molar-refractivity contribution >= 4 is 5.96 Å². The van der Waals surface area contributed by atoms with E-state index < -0.39 is 0 Å². The second-order valence-electron chi connectivity index (χ2n) is 5.41. The fourth-order valence-electron chi connectivity index (χ4n) is 2.19. The van der Waals surface area contributed by atoms with E-state index in [0.717, 1.165) is 24.7 Å². The van der Waals surface area contributed by atoms with Gasteiger partial charge in [0.25, 0.3) is 0 Å². The zero-order valence-corrected chi connectivity index (χ0v) is 13.8. The molecule has 124 valence electrons. The second-order valence-corrected chi connectivity index (χ2v) is 5.41. The lowest BCUT2D eigenvalue weighted by Gasteiger charge is -2.17. The average molecular weight is 315 g/mol. The summed E-state index contributed by atoms with van der Waals surface area (Å²) in [7, 11) is 1.70. The van der Waals surface area contributed by atoms with Crippen LogP contribution in [0.15, 0.2) is 58.1 Å². The third kappa shape index (κ3) is 6.57. The number of nitrogens with one attached hydrogen (secondary N) is 2. The van der Waals surface area contributed by atoms with E-state index in [4.69, 9.17) is 9.15 Å². The van der Waals surface area contributed by atoms with Gasteiger partial charge in [0.1, 0.15) is 5.76 Å². The van der Waals surface area contributed by atoms with E-state index in [1.54, 1.807) is 13.4 Å². The molecule has 23 heavy (non-hydrogen) atoms. The van der Waals surface area contributed by atoms with Gasteiger partial charge in [0.15, 0.2) is 5.96 Å². The molecule has 0 aliphatic heterocycles. The van der Waals surface area contributed by atoms with Crippen molar-refractivity contribution in [3.63, 3.8) is 0 Å². The summed E-state index contributed by atoms with van der Waals surface area (Å²) in [6.07, 6.45) is 2.51. The van der Waals surface area contributed by atoms with Gasteiger partial charge in [-0.15, -0.1) is 0 Å². The summed E-state index contributed by atoms with van der Waals surface area (Å²) in [5.41, 5.74) is 1.18. The van der Waals surface area contributed by atoms with Gasteiger partial charge in [0, 0.05) is 26.1 Å².